The van der Waals surface area contributed by atoms with E-state index in [2.05, 4.69) is 51.2 Å². The van der Waals surface area contributed by atoms with E-state index in [0.29, 0.717) is 11.4 Å². The zero-order valence-electron chi connectivity index (χ0n) is 21.8. The quantitative estimate of drug-likeness (QED) is 0.0744. The van der Waals surface area contributed by atoms with E-state index in [9.17, 15) is 31.8 Å². The minimum absolute atomic E-state index is 0.00755. The Balaban J connectivity index is 1.81. The van der Waals surface area contributed by atoms with Crippen LogP contribution in [0.4, 0.5) is 41.1 Å². The highest BCUT2D eigenvalue weighted by atomic mass is 32.2. The van der Waals surface area contributed by atoms with Crippen LogP contribution in [0.5, 0.6) is 0 Å². The number of H-pyrrole nitrogens is 1. The van der Waals surface area contributed by atoms with Crippen LogP contribution in [0.25, 0.3) is 0 Å². The first kappa shape index (κ1) is 32.3. The highest BCUT2D eigenvalue weighted by molar-refractivity contribution is 7.86. The van der Waals surface area contributed by atoms with Gasteiger partial charge < -0.3 is 36.4 Å². The third-order valence-electron chi connectivity index (χ3n) is 4.96. The Morgan fingerprint density at radius 1 is 0.762 bits per heavy atom. The molecule has 0 saturated heterocycles. The van der Waals surface area contributed by atoms with E-state index in [1.54, 1.807) is 24.3 Å². The van der Waals surface area contributed by atoms with Gasteiger partial charge in [-0.2, -0.15) is 41.8 Å². The minimum Gasteiger partial charge on any atom is -0.395 e. The van der Waals surface area contributed by atoms with Crippen LogP contribution < -0.4 is 31.9 Å². The lowest BCUT2D eigenvalue weighted by atomic mass is 10.3. The second-order valence-corrected chi connectivity index (χ2v) is 11.4. The molecule has 42 heavy (non-hydrogen) atoms. The summed E-state index contributed by atoms with van der Waals surface area (Å²) in [7, 11) is -8.47. The Labute approximate surface area is 239 Å². The number of aliphatic hydroxyl groups excluding tert-OH is 2. The Morgan fingerprint density at radius 3 is 1.88 bits per heavy atom. The van der Waals surface area contributed by atoms with Crippen LogP contribution in [0.2, 0.25) is 0 Å². The maximum atomic E-state index is 11.9. The summed E-state index contributed by atoms with van der Waals surface area (Å²) in [4.78, 5) is 36.2. The average molecular weight is 632 g/mol. The number of aliphatic hydroxyl groups is 2. The van der Waals surface area contributed by atoms with Crippen molar-refractivity contribution < 1.29 is 36.2 Å². The fourth-order valence-electron chi connectivity index (χ4n) is 3.24. The van der Waals surface area contributed by atoms with E-state index in [0.717, 1.165) is 0 Å². The predicted molar refractivity (Wildman–Crippen MR) is 152 cm³/mol. The molecule has 2 heterocycles. The van der Waals surface area contributed by atoms with E-state index >= 15 is 0 Å². The number of hydrogen-bond donors (Lipinski definition) is 9. The van der Waals surface area contributed by atoms with Crippen LogP contribution >= 0.6 is 0 Å². The first-order chi connectivity index (χ1) is 19.8. The first-order valence-electron chi connectivity index (χ1n) is 12.1. The van der Waals surface area contributed by atoms with Crippen LogP contribution in [0.1, 0.15) is 0 Å². The lowest BCUT2D eigenvalue weighted by Gasteiger charge is -2.21. The largest absolute Gasteiger partial charge is 0.395 e. The number of hydrogen-bond acceptors (Lipinski definition) is 17. The first-order valence-corrected chi connectivity index (χ1v) is 15.3. The molecule has 0 bridgehead atoms. The molecule has 20 nitrogen and oxygen atoms in total. The SMILES string of the molecule is O=c1nc(NCCS(=O)(=O)O)nc(Nc2cccc(Nc3nc(NCCS(=O)(=O)O)nc(N(CCO)CCO)n3)c2)[nH]1. The second-order valence-electron chi connectivity index (χ2n) is 8.30. The maximum absolute atomic E-state index is 11.9. The molecule has 9 N–H and O–H groups in total. The summed E-state index contributed by atoms with van der Waals surface area (Å²) in [5.41, 5.74) is 0.0965. The normalized spacial score (nSPS) is 11.6. The molecule has 22 heteroatoms. The van der Waals surface area contributed by atoms with Crippen molar-refractivity contribution in [3.63, 3.8) is 0 Å². The van der Waals surface area contributed by atoms with Crippen molar-refractivity contribution in [2.24, 2.45) is 0 Å². The summed E-state index contributed by atoms with van der Waals surface area (Å²) in [5.74, 6) is -1.41. The van der Waals surface area contributed by atoms with Crippen molar-refractivity contribution in [2.45, 2.75) is 0 Å². The van der Waals surface area contributed by atoms with Crippen molar-refractivity contribution in [3.05, 3.63) is 34.7 Å². The third kappa shape index (κ3) is 11.3. The second kappa shape index (κ2) is 14.6. The molecule has 0 aliphatic carbocycles. The van der Waals surface area contributed by atoms with Gasteiger partial charge in [-0.3, -0.25) is 14.1 Å². The molecule has 0 spiro atoms. The van der Waals surface area contributed by atoms with Crippen LogP contribution in [0, 0.1) is 0 Å². The molecule has 0 unspecified atom stereocenters. The summed E-state index contributed by atoms with van der Waals surface area (Å²) in [6.07, 6.45) is 0. The van der Waals surface area contributed by atoms with Gasteiger partial charge >= 0.3 is 5.69 Å². The van der Waals surface area contributed by atoms with Gasteiger partial charge in [0.15, 0.2) is 0 Å². The van der Waals surface area contributed by atoms with Crippen molar-refractivity contribution in [3.8, 4) is 0 Å². The maximum Gasteiger partial charge on any atom is 0.351 e. The molecule has 0 aliphatic heterocycles. The number of aromatic amines is 1. The van der Waals surface area contributed by atoms with Gasteiger partial charge in [0.25, 0.3) is 20.2 Å². The molecule has 3 aromatic rings. The minimum atomic E-state index is -4.25. The van der Waals surface area contributed by atoms with Crippen LogP contribution in [0.15, 0.2) is 29.1 Å². The topological polar surface area (TPSA) is 298 Å². The summed E-state index contributed by atoms with van der Waals surface area (Å²) >= 11 is 0. The van der Waals surface area contributed by atoms with Crippen molar-refractivity contribution >= 4 is 61.4 Å². The van der Waals surface area contributed by atoms with Crippen LogP contribution in [-0.4, -0.2) is 117 Å². The van der Waals surface area contributed by atoms with E-state index in [4.69, 9.17) is 9.11 Å². The van der Waals surface area contributed by atoms with Gasteiger partial charge in [-0.25, -0.2) is 4.79 Å². The number of nitrogens with one attached hydrogen (secondary N) is 5. The smallest absolute Gasteiger partial charge is 0.351 e. The molecule has 2 aromatic heterocycles. The fourth-order valence-corrected chi connectivity index (χ4v) is 3.96. The Bertz CT molecular complexity index is 1620. The van der Waals surface area contributed by atoms with Crippen LogP contribution in [0.3, 0.4) is 0 Å². The molecule has 0 aliphatic rings. The van der Waals surface area contributed by atoms with Crippen LogP contribution in [-0.2, 0) is 20.2 Å². The highest BCUT2D eigenvalue weighted by Gasteiger charge is 2.15. The molecule has 0 atom stereocenters. The van der Waals surface area contributed by atoms with Gasteiger partial charge in [0.2, 0.25) is 29.7 Å². The molecule has 0 amide bonds. The average Bonchev–Trinajstić information content (AvgIpc) is 2.87. The number of anilines is 7. The highest BCUT2D eigenvalue weighted by Crippen LogP contribution is 2.22. The summed E-state index contributed by atoms with van der Waals surface area (Å²) in [5, 5.41) is 29.8. The predicted octanol–water partition coefficient (Wildman–Crippen LogP) is -1.77. The monoisotopic (exact) mass is 631 g/mol. The van der Waals surface area contributed by atoms with Crippen molar-refractivity contribution in [1.82, 2.24) is 29.9 Å². The van der Waals surface area contributed by atoms with Crippen molar-refractivity contribution in [2.75, 3.05) is 77.1 Å². The van der Waals surface area contributed by atoms with E-state index in [-0.39, 0.29) is 69.1 Å². The molecule has 0 radical (unpaired) electrons. The Morgan fingerprint density at radius 2 is 1.31 bits per heavy atom. The number of rotatable bonds is 17. The standard InChI is InChI=1S/C20H29N11O9S2/c32-8-6-31(7-9-33)19-27-15(21-4-10-41(35,36)37)25-17(28-19)23-13-2-1-3-14(12-13)24-18-26-16(29-20(34)30-18)22-5-11-42(38,39)40/h1-3,12,32-33H,4-11H2,(H,35,36,37)(H,38,39,40)(H2,21,23,25,27,28)(H3,22,24,26,29,30,34). The summed E-state index contributed by atoms with van der Waals surface area (Å²) in [6.45, 7) is -0.830. The summed E-state index contributed by atoms with van der Waals surface area (Å²) < 4.78 is 61.8. The zero-order chi connectivity index (χ0) is 30.8. The number of nitrogens with zero attached hydrogens (tertiary/aromatic N) is 6. The molecular weight excluding hydrogens is 602 g/mol. The molecule has 3 rings (SSSR count). The van der Waals surface area contributed by atoms with Gasteiger partial charge in [-0.1, -0.05) is 6.07 Å². The molecule has 0 fully saturated rings. The van der Waals surface area contributed by atoms with E-state index < -0.39 is 37.4 Å². The van der Waals surface area contributed by atoms with Gasteiger partial charge in [-0.05, 0) is 18.2 Å². The fraction of sp³-hybridized carbons (Fsp3) is 0.400. The molecule has 1 aromatic carbocycles. The van der Waals surface area contributed by atoms with E-state index in [1.165, 1.54) is 4.90 Å². The lowest BCUT2D eigenvalue weighted by molar-refractivity contribution is 0.280. The van der Waals surface area contributed by atoms with Gasteiger partial charge in [-0.15, -0.1) is 0 Å². The molecular formula is C20H29N11O9S2. The van der Waals surface area contributed by atoms with Gasteiger partial charge in [0.1, 0.15) is 0 Å². The van der Waals surface area contributed by atoms with Crippen molar-refractivity contribution in [1.29, 1.82) is 0 Å². The zero-order valence-corrected chi connectivity index (χ0v) is 23.4. The summed E-state index contributed by atoms with van der Waals surface area (Å²) in [6, 6.07) is 6.54. The number of benzene rings is 1. The molecule has 230 valence electrons. The Kier molecular flexibility index (Phi) is 11.2. The van der Waals surface area contributed by atoms with E-state index in [1.807, 2.05) is 0 Å². The van der Waals surface area contributed by atoms with Gasteiger partial charge in [0.05, 0.1) is 24.7 Å². The van der Waals surface area contributed by atoms with Gasteiger partial charge in [0, 0.05) is 37.6 Å². The third-order valence-corrected chi connectivity index (χ3v) is 6.40. The Hall–Kier alpha value is -4.22. The molecule has 0 saturated carbocycles. The number of aromatic nitrogens is 6. The lowest BCUT2D eigenvalue weighted by Crippen LogP contribution is -2.32.